The van der Waals surface area contributed by atoms with Crippen LogP contribution in [0.3, 0.4) is 0 Å². The molecular weight excluding hydrogens is 252 g/mol. The van der Waals surface area contributed by atoms with Crippen molar-refractivity contribution in [1.82, 2.24) is 5.32 Å². The Morgan fingerprint density at radius 2 is 1.74 bits per heavy atom. The lowest BCUT2D eigenvalue weighted by Crippen LogP contribution is -2.11. The summed E-state index contributed by atoms with van der Waals surface area (Å²) < 4.78 is 0. The molecule has 0 saturated carbocycles. The second kappa shape index (κ2) is 6.85. The number of hydrogen-bond donors (Lipinski definition) is 2. The van der Waals surface area contributed by atoms with Crippen LogP contribution in [0.15, 0.2) is 30.3 Å². The lowest BCUT2D eigenvalue weighted by molar-refractivity contribution is 0.700. The van der Waals surface area contributed by atoms with Crippen LogP contribution in [0.25, 0.3) is 0 Å². The van der Waals surface area contributed by atoms with Crippen molar-refractivity contribution in [2.75, 3.05) is 6.54 Å². The maximum Gasteiger partial charge on any atom is 0.0303 e. The van der Waals surface area contributed by atoms with Crippen molar-refractivity contribution in [1.29, 1.82) is 0 Å². The third-order valence-corrected chi connectivity index (χ3v) is 4.45. The molecule has 2 rings (SSSR count). The third-order valence-electron chi connectivity index (χ3n) is 3.30. The Labute approximate surface area is 119 Å². The molecule has 1 heterocycles. The van der Waals surface area contributed by atoms with Gasteiger partial charge in [0.1, 0.15) is 0 Å². The second-order valence-electron chi connectivity index (χ2n) is 4.91. The Morgan fingerprint density at radius 1 is 1.05 bits per heavy atom. The van der Waals surface area contributed by atoms with Gasteiger partial charge in [0.2, 0.25) is 0 Å². The van der Waals surface area contributed by atoms with E-state index >= 15 is 0 Å². The third kappa shape index (κ3) is 4.16. The van der Waals surface area contributed by atoms with E-state index in [1.54, 1.807) is 0 Å². The van der Waals surface area contributed by atoms with Crippen LogP contribution >= 0.6 is 11.3 Å². The molecule has 0 aliphatic heterocycles. The van der Waals surface area contributed by atoms with Crippen molar-refractivity contribution >= 4 is 11.3 Å². The average Bonchev–Trinajstić information content (AvgIpc) is 2.71. The average molecular weight is 274 g/mol. The largest absolute Gasteiger partial charge is 0.330 e. The van der Waals surface area contributed by atoms with Gasteiger partial charge in [0.25, 0.3) is 0 Å². The molecule has 0 radical (unpaired) electrons. The summed E-state index contributed by atoms with van der Waals surface area (Å²) in [4.78, 5) is 2.83. The molecule has 0 unspecified atom stereocenters. The molecule has 0 fully saturated rings. The monoisotopic (exact) mass is 274 g/mol. The lowest BCUT2D eigenvalue weighted by atomic mass is 10.1. The fraction of sp³-hybridized carbons (Fsp3) is 0.375. The van der Waals surface area contributed by atoms with E-state index in [-0.39, 0.29) is 0 Å². The van der Waals surface area contributed by atoms with Crippen molar-refractivity contribution in [2.24, 2.45) is 5.73 Å². The molecule has 3 N–H and O–H groups in total. The number of benzene rings is 1. The van der Waals surface area contributed by atoms with Gasteiger partial charge in [-0.15, -0.1) is 11.3 Å². The summed E-state index contributed by atoms with van der Waals surface area (Å²) in [5.41, 5.74) is 9.58. The van der Waals surface area contributed by atoms with E-state index in [2.05, 4.69) is 49.5 Å². The van der Waals surface area contributed by atoms with Gasteiger partial charge in [0, 0.05) is 22.8 Å². The number of aryl methyl sites for hydroxylation is 2. The highest BCUT2D eigenvalue weighted by atomic mass is 32.1. The smallest absolute Gasteiger partial charge is 0.0303 e. The maximum atomic E-state index is 5.55. The molecule has 2 aromatic rings. The van der Waals surface area contributed by atoms with E-state index in [1.807, 2.05) is 11.3 Å². The van der Waals surface area contributed by atoms with Crippen LogP contribution in [0, 0.1) is 13.8 Å². The molecular formula is C16H22N2S. The van der Waals surface area contributed by atoms with Crippen molar-refractivity contribution in [2.45, 2.75) is 33.4 Å². The highest BCUT2D eigenvalue weighted by molar-refractivity contribution is 7.12. The Morgan fingerprint density at radius 3 is 2.32 bits per heavy atom. The molecule has 1 aromatic heterocycles. The molecule has 0 aliphatic carbocycles. The van der Waals surface area contributed by atoms with Crippen LogP contribution in [-0.4, -0.2) is 6.54 Å². The zero-order valence-corrected chi connectivity index (χ0v) is 12.5. The highest BCUT2D eigenvalue weighted by Gasteiger charge is 2.01. The molecule has 0 spiro atoms. The maximum absolute atomic E-state index is 5.55. The van der Waals surface area contributed by atoms with Crippen molar-refractivity contribution < 1.29 is 0 Å². The zero-order valence-electron chi connectivity index (χ0n) is 11.7. The highest BCUT2D eigenvalue weighted by Crippen LogP contribution is 2.20. The normalized spacial score (nSPS) is 10.9. The van der Waals surface area contributed by atoms with Gasteiger partial charge >= 0.3 is 0 Å². The first-order valence-corrected chi connectivity index (χ1v) is 7.55. The van der Waals surface area contributed by atoms with Crippen LogP contribution in [-0.2, 0) is 19.5 Å². The molecule has 2 nitrogen and oxygen atoms in total. The van der Waals surface area contributed by atoms with E-state index in [9.17, 15) is 0 Å². The predicted molar refractivity (Wildman–Crippen MR) is 83.5 cm³/mol. The Hall–Kier alpha value is -1.16. The first kappa shape index (κ1) is 14.3. The van der Waals surface area contributed by atoms with Gasteiger partial charge in [-0.3, -0.25) is 0 Å². The molecule has 1 aromatic carbocycles. The van der Waals surface area contributed by atoms with Gasteiger partial charge in [0.15, 0.2) is 0 Å². The van der Waals surface area contributed by atoms with Crippen molar-refractivity contribution in [3.8, 4) is 0 Å². The number of thiophene rings is 1. The zero-order chi connectivity index (χ0) is 13.7. The molecule has 19 heavy (non-hydrogen) atoms. The Bertz CT molecular complexity index is 495. The Kier molecular flexibility index (Phi) is 5.14. The summed E-state index contributed by atoms with van der Waals surface area (Å²) in [5.74, 6) is 0. The molecule has 0 bridgehead atoms. The van der Waals surface area contributed by atoms with Crippen molar-refractivity contribution in [3.63, 3.8) is 0 Å². The first-order chi connectivity index (χ1) is 9.19. The summed E-state index contributed by atoms with van der Waals surface area (Å²) in [5, 5.41) is 3.50. The standard InChI is InChI=1S/C16H22N2S/c1-12-9-16(19-13(12)2)11-18-10-15-5-3-14(4-6-15)7-8-17/h3-6,9,18H,7-8,10-11,17H2,1-2H3. The summed E-state index contributed by atoms with van der Waals surface area (Å²) >= 11 is 1.88. The van der Waals surface area contributed by atoms with Crippen LogP contribution < -0.4 is 11.1 Å². The SMILES string of the molecule is Cc1cc(CNCc2ccc(CCN)cc2)sc1C. The van der Waals surface area contributed by atoms with E-state index in [0.717, 1.165) is 19.5 Å². The summed E-state index contributed by atoms with van der Waals surface area (Å²) in [6, 6.07) is 11.0. The topological polar surface area (TPSA) is 38.0 Å². The minimum absolute atomic E-state index is 0.717. The van der Waals surface area contributed by atoms with Crippen molar-refractivity contribution in [3.05, 3.63) is 56.8 Å². The van der Waals surface area contributed by atoms with E-state index in [0.29, 0.717) is 6.54 Å². The van der Waals surface area contributed by atoms with E-state index < -0.39 is 0 Å². The molecule has 0 amide bonds. The lowest BCUT2D eigenvalue weighted by Gasteiger charge is -2.05. The predicted octanol–water partition coefficient (Wildman–Crippen LogP) is 3.16. The summed E-state index contributed by atoms with van der Waals surface area (Å²) in [7, 11) is 0. The minimum atomic E-state index is 0.717. The fourth-order valence-electron chi connectivity index (χ4n) is 2.06. The van der Waals surface area contributed by atoms with E-state index in [1.165, 1.54) is 26.4 Å². The molecule has 0 atom stereocenters. The number of nitrogens with one attached hydrogen (secondary N) is 1. The molecule has 3 heteroatoms. The van der Waals surface area contributed by atoms with Crippen LogP contribution in [0.1, 0.15) is 26.4 Å². The van der Waals surface area contributed by atoms with Crippen LogP contribution in [0.4, 0.5) is 0 Å². The van der Waals surface area contributed by atoms with Gasteiger partial charge in [0.05, 0.1) is 0 Å². The van der Waals surface area contributed by atoms with Crippen LogP contribution in [0.5, 0.6) is 0 Å². The quantitative estimate of drug-likeness (QED) is 0.849. The van der Waals surface area contributed by atoms with Gasteiger partial charge in [-0.1, -0.05) is 24.3 Å². The van der Waals surface area contributed by atoms with Gasteiger partial charge < -0.3 is 11.1 Å². The fourth-order valence-corrected chi connectivity index (χ4v) is 3.08. The summed E-state index contributed by atoms with van der Waals surface area (Å²) in [6.45, 7) is 6.93. The number of rotatable bonds is 6. The van der Waals surface area contributed by atoms with E-state index in [4.69, 9.17) is 5.73 Å². The number of hydrogen-bond acceptors (Lipinski definition) is 3. The van der Waals surface area contributed by atoms with Gasteiger partial charge in [-0.05, 0) is 49.6 Å². The van der Waals surface area contributed by atoms with Crippen LogP contribution in [0.2, 0.25) is 0 Å². The minimum Gasteiger partial charge on any atom is -0.330 e. The second-order valence-corrected chi connectivity index (χ2v) is 6.25. The number of nitrogens with two attached hydrogens (primary N) is 1. The molecule has 102 valence electrons. The first-order valence-electron chi connectivity index (χ1n) is 6.73. The van der Waals surface area contributed by atoms with Gasteiger partial charge in [-0.2, -0.15) is 0 Å². The summed E-state index contributed by atoms with van der Waals surface area (Å²) in [6.07, 6.45) is 0.960. The molecule has 0 saturated heterocycles. The van der Waals surface area contributed by atoms with Gasteiger partial charge in [-0.25, -0.2) is 0 Å². The molecule has 0 aliphatic rings. The Balaban J connectivity index is 1.82.